The molecule has 0 amide bonds. The van der Waals surface area contributed by atoms with E-state index in [4.69, 9.17) is 16.6 Å². The van der Waals surface area contributed by atoms with Crippen molar-refractivity contribution in [2.24, 2.45) is 5.92 Å². The molecule has 0 fully saturated rings. The van der Waals surface area contributed by atoms with E-state index in [2.05, 4.69) is 50.5 Å². The number of aromatic nitrogens is 2. The quantitative estimate of drug-likeness (QED) is 0.652. The first kappa shape index (κ1) is 15.4. The maximum atomic E-state index is 6.34. The molecule has 0 saturated heterocycles. The van der Waals surface area contributed by atoms with Crippen molar-refractivity contribution in [2.75, 3.05) is 0 Å². The van der Waals surface area contributed by atoms with Gasteiger partial charge in [0, 0.05) is 6.04 Å². The molecule has 1 heterocycles. The zero-order chi connectivity index (χ0) is 14.9. The number of imidazole rings is 1. The highest BCUT2D eigenvalue weighted by molar-refractivity contribution is 6.20. The average molecular weight is 293 g/mol. The molecule has 2 nitrogen and oxygen atoms in total. The lowest BCUT2D eigenvalue weighted by atomic mass is 10.0. The molecule has 3 heteroatoms. The summed E-state index contributed by atoms with van der Waals surface area (Å²) in [7, 11) is 0. The van der Waals surface area contributed by atoms with Crippen molar-refractivity contribution in [3.63, 3.8) is 0 Å². The van der Waals surface area contributed by atoms with Crippen LogP contribution in [0.4, 0.5) is 0 Å². The zero-order valence-corrected chi connectivity index (χ0v) is 13.9. The molecule has 0 aliphatic heterocycles. The smallest absolute Gasteiger partial charge is 0.127 e. The van der Waals surface area contributed by atoms with Gasteiger partial charge >= 0.3 is 0 Å². The highest BCUT2D eigenvalue weighted by atomic mass is 35.5. The van der Waals surface area contributed by atoms with Gasteiger partial charge in [0.25, 0.3) is 0 Å². The number of fused-ring (bicyclic) bond motifs is 1. The number of benzene rings is 1. The van der Waals surface area contributed by atoms with Crippen LogP contribution in [-0.4, -0.2) is 9.55 Å². The fourth-order valence-corrected chi connectivity index (χ4v) is 2.82. The molecule has 0 bridgehead atoms. The van der Waals surface area contributed by atoms with E-state index in [-0.39, 0.29) is 5.38 Å². The highest BCUT2D eigenvalue weighted by Crippen LogP contribution is 2.30. The highest BCUT2D eigenvalue weighted by Gasteiger charge is 2.19. The summed E-state index contributed by atoms with van der Waals surface area (Å²) in [6.07, 6.45) is 2.39. The van der Waals surface area contributed by atoms with Crippen LogP contribution in [0.25, 0.3) is 11.0 Å². The molecule has 2 atom stereocenters. The van der Waals surface area contributed by atoms with E-state index < -0.39 is 0 Å². The van der Waals surface area contributed by atoms with E-state index in [1.54, 1.807) is 0 Å². The van der Waals surface area contributed by atoms with Gasteiger partial charge in [-0.25, -0.2) is 4.98 Å². The Labute approximate surface area is 127 Å². The van der Waals surface area contributed by atoms with E-state index in [1.807, 2.05) is 6.92 Å². The second-order valence-corrected chi connectivity index (χ2v) is 6.92. The van der Waals surface area contributed by atoms with Crippen LogP contribution < -0.4 is 0 Å². The molecule has 2 aromatic rings. The van der Waals surface area contributed by atoms with Crippen molar-refractivity contribution in [1.82, 2.24) is 9.55 Å². The number of rotatable bonds is 5. The van der Waals surface area contributed by atoms with Gasteiger partial charge in [-0.2, -0.15) is 0 Å². The topological polar surface area (TPSA) is 17.8 Å². The largest absolute Gasteiger partial charge is 0.324 e. The van der Waals surface area contributed by atoms with Crippen LogP contribution in [0.2, 0.25) is 0 Å². The van der Waals surface area contributed by atoms with Crippen LogP contribution >= 0.6 is 11.6 Å². The second-order valence-electron chi connectivity index (χ2n) is 6.27. The number of alkyl halides is 1. The summed E-state index contributed by atoms with van der Waals surface area (Å²) in [4.78, 5) is 4.73. The molecule has 20 heavy (non-hydrogen) atoms. The summed E-state index contributed by atoms with van der Waals surface area (Å²) < 4.78 is 2.34. The molecule has 1 aromatic heterocycles. The van der Waals surface area contributed by atoms with E-state index in [0.29, 0.717) is 6.04 Å². The SMILES string of the molecule is Cc1ccc2nc(C(C)Cl)n(C(C)CCC(C)C)c2c1. The number of aryl methyl sites for hydroxylation is 1. The molecule has 2 rings (SSSR count). The summed E-state index contributed by atoms with van der Waals surface area (Å²) in [5.74, 6) is 1.72. The summed E-state index contributed by atoms with van der Waals surface area (Å²) in [5, 5.41) is -0.0655. The normalized spacial score (nSPS) is 14.9. The molecular weight excluding hydrogens is 268 g/mol. The van der Waals surface area contributed by atoms with Crippen LogP contribution in [0.5, 0.6) is 0 Å². The third-order valence-electron chi connectivity index (χ3n) is 3.83. The Bertz CT molecular complexity index is 584. The van der Waals surface area contributed by atoms with Gasteiger partial charge in [-0.05, 0) is 57.2 Å². The minimum absolute atomic E-state index is 0.0655. The Morgan fingerprint density at radius 3 is 2.45 bits per heavy atom. The molecule has 0 radical (unpaired) electrons. The number of halogens is 1. The van der Waals surface area contributed by atoms with Gasteiger partial charge in [0.15, 0.2) is 0 Å². The van der Waals surface area contributed by atoms with E-state index in [9.17, 15) is 0 Å². The lowest BCUT2D eigenvalue weighted by molar-refractivity contribution is 0.437. The summed E-state index contributed by atoms with van der Waals surface area (Å²) in [6, 6.07) is 6.86. The summed E-state index contributed by atoms with van der Waals surface area (Å²) >= 11 is 6.34. The summed E-state index contributed by atoms with van der Waals surface area (Å²) in [5.41, 5.74) is 3.53. The zero-order valence-electron chi connectivity index (χ0n) is 13.2. The van der Waals surface area contributed by atoms with Crippen LogP contribution in [0.3, 0.4) is 0 Å². The lowest BCUT2D eigenvalue weighted by Crippen LogP contribution is -2.11. The predicted octanol–water partition coefficient (Wildman–Crippen LogP) is 5.64. The van der Waals surface area contributed by atoms with Crippen molar-refractivity contribution < 1.29 is 0 Å². The maximum Gasteiger partial charge on any atom is 0.127 e. The van der Waals surface area contributed by atoms with E-state index >= 15 is 0 Å². The van der Waals surface area contributed by atoms with Crippen molar-refractivity contribution in [3.8, 4) is 0 Å². The molecule has 1 aromatic carbocycles. The van der Waals surface area contributed by atoms with Crippen LogP contribution in [0.15, 0.2) is 18.2 Å². The van der Waals surface area contributed by atoms with Crippen molar-refractivity contribution in [1.29, 1.82) is 0 Å². The van der Waals surface area contributed by atoms with Gasteiger partial charge in [0.1, 0.15) is 5.82 Å². The van der Waals surface area contributed by atoms with E-state index in [1.165, 1.54) is 17.5 Å². The van der Waals surface area contributed by atoms with Crippen molar-refractivity contribution >= 4 is 22.6 Å². The Balaban J connectivity index is 2.47. The summed E-state index contributed by atoms with van der Waals surface area (Å²) in [6.45, 7) is 10.9. The molecule has 0 aliphatic rings. The fourth-order valence-electron chi connectivity index (χ4n) is 2.67. The van der Waals surface area contributed by atoms with Crippen molar-refractivity contribution in [2.45, 2.75) is 58.9 Å². The van der Waals surface area contributed by atoms with Gasteiger partial charge in [0.2, 0.25) is 0 Å². The third-order valence-corrected chi connectivity index (χ3v) is 4.03. The van der Waals surface area contributed by atoms with Gasteiger partial charge in [-0.3, -0.25) is 0 Å². The van der Waals surface area contributed by atoms with Gasteiger partial charge in [-0.1, -0.05) is 19.9 Å². The monoisotopic (exact) mass is 292 g/mol. The molecule has 110 valence electrons. The Kier molecular flexibility index (Phi) is 4.74. The molecule has 2 unspecified atom stereocenters. The third kappa shape index (κ3) is 3.17. The molecule has 0 N–H and O–H groups in total. The minimum Gasteiger partial charge on any atom is -0.324 e. The Hall–Kier alpha value is -1.02. The average Bonchev–Trinajstić information content (AvgIpc) is 2.74. The Morgan fingerprint density at radius 2 is 1.85 bits per heavy atom. The van der Waals surface area contributed by atoms with Gasteiger partial charge < -0.3 is 4.57 Å². The van der Waals surface area contributed by atoms with Crippen LogP contribution in [-0.2, 0) is 0 Å². The predicted molar refractivity (Wildman–Crippen MR) is 87.5 cm³/mol. The number of hydrogen-bond donors (Lipinski definition) is 0. The van der Waals surface area contributed by atoms with Crippen molar-refractivity contribution in [3.05, 3.63) is 29.6 Å². The van der Waals surface area contributed by atoms with Crippen LogP contribution in [0.1, 0.15) is 63.3 Å². The van der Waals surface area contributed by atoms with Crippen LogP contribution in [0, 0.1) is 12.8 Å². The first-order chi connectivity index (χ1) is 9.40. The Morgan fingerprint density at radius 1 is 1.15 bits per heavy atom. The first-order valence-corrected chi connectivity index (χ1v) is 7.96. The fraction of sp³-hybridized carbons (Fsp3) is 0.588. The minimum atomic E-state index is -0.0655. The standard InChI is InChI=1S/C17H25ClN2/c1-11(2)6-8-13(4)20-16-10-12(3)7-9-15(16)19-17(20)14(5)18/h7,9-11,13-14H,6,8H2,1-5H3. The van der Waals surface area contributed by atoms with Gasteiger partial charge in [0.05, 0.1) is 16.4 Å². The second kappa shape index (κ2) is 6.17. The molecule has 0 saturated carbocycles. The molecular formula is C17H25ClN2. The first-order valence-electron chi connectivity index (χ1n) is 7.52. The number of hydrogen-bond acceptors (Lipinski definition) is 1. The van der Waals surface area contributed by atoms with Gasteiger partial charge in [-0.15, -0.1) is 11.6 Å². The maximum absolute atomic E-state index is 6.34. The van der Waals surface area contributed by atoms with E-state index in [0.717, 1.165) is 23.7 Å². The number of nitrogens with zero attached hydrogens (tertiary/aromatic N) is 2. The molecule has 0 spiro atoms. The molecule has 0 aliphatic carbocycles. The lowest BCUT2D eigenvalue weighted by Gasteiger charge is -2.19.